The third-order valence-electron chi connectivity index (χ3n) is 2.69. The molecule has 1 aliphatic heterocycles. The molecule has 1 aliphatic rings. The monoisotopic (exact) mass is 274 g/mol. The van der Waals surface area contributed by atoms with Crippen molar-refractivity contribution >= 4 is 11.7 Å². The van der Waals surface area contributed by atoms with Crippen molar-refractivity contribution in [3.8, 4) is 0 Å². The number of hydrogen-bond acceptors (Lipinski definition) is 2. The predicted molar refractivity (Wildman–Crippen MR) is 62.6 cm³/mol. The third kappa shape index (κ3) is 3.85. The highest BCUT2D eigenvalue weighted by Crippen LogP contribution is 2.29. The molecule has 2 rings (SSSR count). The van der Waals surface area contributed by atoms with E-state index in [1.807, 2.05) is 0 Å². The molecule has 0 bridgehead atoms. The minimum absolute atomic E-state index is 0.295. The zero-order chi connectivity index (χ0) is 13.9. The van der Waals surface area contributed by atoms with Crippen molar-refractivity contribution in [1.29, 1.82) is 0 Å². The lowest BCUT2D eigenvalue weighted by molar-refractivity contribution is -0.137. The van der Waals surface area contributed by atoms with E-state index >= 15 is 0 Å². The van der Waals surface area contributed by atoms with E-state index in [0.717, 1.165) is 25.0 Å². The molecule has 1 saturated heterocycles. The molecular weight excluding hydrogens is 261 g/mol. The van der Waals surface area contributed by atoms with E-state index in [4.69, 9.17) is 4.74 Å². The van der Waals surface area contributed by atoms with Crippen LogP contribution in [0.5, 0.6) is 0 Å². The van der Waals surface area contributed by atoms with Gasteiger partial charge in [0.25, 0.3) is 0 Å². The maximum atomic E-state index is 12.3. The number of nitrogens with one attached hydrogen (secondary N) is 2. The minimum Gasteiger partial charge on any atom is -0.358 e. The maximum absolute atomic E-state index is 12.3. The molecule has 0 radical (unpaired) electrons. The van der Waals surface area contributed by atoms with E-state index in [0.29, 0.717) is 12.3 Å². The first-order valence-corrected chi connectivity index (χ1v) is 5.81. The standard InChI is InChI=1S/C12H13F3N2O2/c13-12(14,15)8-3-5-9(6-4-8)16-11(18)17-10-2-1-7-19-10/h3-6,10H,1-2,7H2,(H2,16,17,18). The number of anilines is 1. The summed E-state index contributed by atoms with van der Waals surface area (Å²) in [5.41, 5.74) is -0.457. The van der Waals surface area contributed by atoms with Crippen LogP contribution in [0.4, 0.5) is 23.7 Å². The first-order chi connectivity index (χ1) is 8.95. The molecule has 7 heteroatoms. The Kier molecular flexibility index (Phi) is 3.94. The Morgan fingerprint density at radius 1 is 1.26 bits per heavy atom. The Morgan fingerprint density at radius 2 is 1.95 bits per heavy atom. The summed E-state index contributed by atoms with van der Waals surface area (Å²) in [7, 11) is 0. The lowest BCUT2D eigenvalue weighted by Crippen LogP contribution is -2.37. The van der Waals surface area contributed by atoms with Gasteiger partial charge in [0.1, 0.15) is 6.23 Å². The maximum Gasteiger partial charge on any atom is 0.416 e. The largest absolute Gasteiger partial charge is 0.416 e. The van der Waals surface area contributed by atoms with E-state index < -0.39 is 17.8 Å². The normalized spacial score (nSPS) is 19.2. The number of carbonyl (C=O) groups is 1. The first kappa shape index (κ1) is 13.7. The zero-order valence-corrected chi connectivity index (χ0v) is 9.96. The molecule has 2 N–H and O–H groups in total. The van der Waals surface area contributed by atoms with Crippen LogP contribution in [0.25, 0.3) is 0 Å². The quantitative estimate of drug-likeness (QED) is 0.871. The third-order valence-corrected chi connectivity index (χ3v) is 2.69. The van der Waals surface area contributed by atoms with Crippen molar-refractivity contribution in [1.82, 2.24) is 5.32 Å². The Labute approximate surface area is 107 Å². The smallest absolute Gasteiger partial charge is 0.358 e. The van der Waals surface area contributed by atoms with Crippen molar-refractivity contribution in [2.45, 2.75) is 25.2 Å². The average Bonchev–Trinajstić information content (AvgIpc) is 2.81. The van der Waals surface area contributed by atoms with Gasteiger partial charge < -0.3 is 15.4 Å². The molecule has 1 aromatic carbocycles. The van der Waals surface area contributed by atoms with Gasteiger partial charge >= 0.3 is 12.2 Å². The number of ether oxygens (including phenoxy) is 1. The van der Waals surface area contributed by atoms with E-state index in [1.54, 1.807) is 0 Å². The fourth-order valence-corrected chi connectivity index (χ4v) is 1.75. The summed E-state index contributed by atoms with van der Waals surface area (Å²) >= 11 is 0. The second kappa shape index (κ2) is 5.48. The zero-order valence-electron chi connectivity index (χ0n) is 9.96. The fourth-order valence-electron chi connectivity index (χ4n) is 1.75. The molecule has 0 saturated carbocycles. The van der Waals surface area contributed by atoms with E-state index in [-0.39, 0.29) is 6.23 Å². The number of urea groups is 1. The Hall–Kier alpha value is -1.76. The molecule has 0 spiro atoms. The molecule has 19 heavy (non-hydrogen) atoms. The van der Waals surface area contributed by atoms with Crippen LogP contribution in [0, 0.1) is 0 Å². The van der Waals surface area contributed by atoms with Gasteiger partial charge in [-0.05, 0) is 37.1 Å². The number of halogens is 3. The second-order valence-corrected chi connectivity index (χ2v) is 4.18. The Bertz CT molecular complexity index is 439. The summed E-state index contributed by atoms with van der Waals surface area (Å²) < 4.78 is 42.2. The van der Waals surface area contributed by atoms with Crippen molar-refractivity contribution in [2.24, 2.45) is 0 Å². The van der Waals surface area contributed by atoms with Crippen molar-refractivity contribution in [2.75, 3.05) is 11.9 Å². The van der Waals surface area contributed by atoms with Gasteiger partial charge in [0.15, 0.2) is 0 Å². The van der Waals surface area contributed by atoms with Crippen LogP contribution in [0.3, 0.4) is 0 Å². The summed E-state index contributed by atoms with van der Waals surface area (Å²) in [5, 5.41) is 5.03. The van der Waals surface area contributed by atoms with Crippen LogP contribution in [-0.2, 0) is 10.9 Å². The number of amides is 2. The van der Waals surface area contributed by atoms with E-state index in [2.05, 4.69) is 10.6 Å². The molecule has 1 atom stereocenters. The summed E-state index contributed by atoms with van der Waals surface area (Å²) in [6, 6.07) is 3.76. The topological polar surface area (TPSA) is 50.4 Å². The highest BCUT2D eigenvalue weighted by molar-refractivity contribution is 5.89. The second-order valence-electron chi connectivity index (χ2n) is 4.18. The van der Waals surface area contributed by atoms with Gasteiger partial charge in [-0.2, -0.15) is 13.2 Å². The number of carbonyl (C=O) groups excluding carboxylic acids is 1. The van der Waals surface area contributed by atoms with Crippen LogP contribution in [0.1, 0.15) is 18.4 Å². The van der Waals surface area contributed by atoms with Crippen molar-refractivity contribution in [3.63, 3.8) is 0 Å². The molecule has 1 unspecified atom stereocenters. The van der Waals surface area contributed by atoms with Crippen LogP contribution in [0.15, 0.2) is 24.3 Å². The fraction of sp³-hybridized carbons (Fsp3) is 0.417. The summed E-state index contributed by atoms with van der Waals surface area (Å²) in [4.78, 5) is 11.5. The number of benzene rings is 1. The van der Waals surface area contributed by atoms with Crippen molar-refractivity contribution in [3.05, 3.63) is 29.8 Å². The highest BCUT2D eigenvalue weighted by atomic mass is 19.4. The van der Waals surface area contributed by atoms with Gasteiger partial charge in [-0.1, -0.05) is 0 Å². The molecular formula is C12H13F3N2O2. The highest BCUT2D eigenvalue weighted by Gasteiger charge is 2.30. The van der Waals surface area contributed by atoms with Gasteiger partial charge in [0, 0.05) is 12.3 Å². The molecule has 2 amide bonds. The van der Waals surface area contributed by atoms with Crippen LogP contribution in [0.2, 0.25) is 0 Å². The van der Waals surface area contributed by atoms with Gasteiger partial charge in [-0.15, -0.1) is 0 Å². The van der Waals surface area contributed by atoms with Gasteiger partial charge in [0.2, 0.25) is 0 Å². The summed E-state index contributed by atoms with van der Waals surface area (Å²) in [6.45, 7) is 0.602. The van der Waals surface area contributed by atoms with Crippen LogP contribution < -0.4 is 10.6 Å². The SMILES string of the molecule is O=C(Nc1ccc(C(F)(F)F)cc1)NC1CCCO1. The predicted octanol–water partition coefficient (Wildman–Crippen LogP) is 2.96. The first-order valence-electron chi connectivity index (χ1n) is 5.81. The Balaban J connectivity index is 1.90. The van der Waals surface area contributed by atoms with Crippen LogP contribution in [-0.4, -0.2) is 18.9 Å². The van der Waals surface area contributed by atoms with Gasteiger partial charge in [-0.3, -0.25) is 0 Å². The van der Waals surface area contributed by atoms with Gasteiger partial charge in [-0.25, -0.2) is 4.79 Å². The van der Waals surface area contributed by atoms with E-state index in [1.165, 1.54) is 12.1 Å². The number of rotatable bonds is 2. The number of hydrogen-bond donors (Lipinski definition) is 2. The molecule has 0 aromatic heterocycles. The molecule has 1 heterocycles. The summed E-state index contributed by atoms with van der Waals surface area (Å²) in [6.07, 6.45) is -3.08. The van der Waals surface area contributed by atoms with Crippen molar-refractivity contribution < 1.29 is 22.7 Å². The lowest BCUT2D eigenvalue weighted by Gasteiger charge is -2.13. The molecule has 104 valence electrons. The molecule has 1 fully saturated rings. The molecule has 1 aromatic rings. The van der Waals surface area contributed by atoms with Gasteiger partial charge in [0.05, 0.1) is 5.56 Å². The molecule has 0 aliphatic carbocycles. The average molecular weight is 274 g/mol. The van der Waals surface area contributed by atoms with E-state index in [9.17, 15) is 18.0 Å². The lowest BCUT2D eigenvalue weighted by atomic mass is 10.2. The number of alkyl halides is 3. The summed E-state index contributed by atoms with van der Waals surface area (Å²) in [5.74, 6) is 0. The van der Waals surface area contributed by atoms with Crippen LogP contribution >= 0.6 is 0 Å². The minimum atomic E-state index is -4.38. The Morgan fingerprint density at radius 3 is 2.47 bits per heavy atom. The molecule has 4 nitrogen and oxygen atoms in total.